The molecule has 6 nitrogen and oxygen atoms in total. The van der Waals surface area contributed by atoms with E-state index in [0.29, 0.717) is 23.7 Å². The van der Waals surface area contributed by atoms with Crippen molar-refractivity contribution in [1.82, 2.24) is 9.88 Å². The van der Waals surface area contributed by atoms with Gasteiger partial charge in [-0.05, 0) is 78.6 Å². The highest BCUT2D eigenvalue weighted by molar-refractivity contribution is 7.21. The lowest BCUT2D eigenvalue weighted by Gasteiger charge is -2.28. The molecule has 1 aliphatic rings. The minimum Gasteiger partial charge on any atom is -0.329 e. The Bertz CT molecular complexity index is 1770. The number of hydrogen-bond donors (Lipinski definition) is 0. The van der Waals surface area contributed by atoms with Gasteiger partial charge in [0.25, 0.3) is 5.91 Å². The van der Waals surface area contributed by atoms with E-state index in [4.69, 9.17) is 16.6 Å². The van der Waals surface area contributed by atoms with Gasteiger partial charge in [0, 0.05) is 17.1 Å². The van der Waals surface area contributed by atoms with Gasteiger partial charge in [0.2, 0.25) is 11.8 Å². The van der Waals surface area contributed by atoms with E-state index in [1.54, 1.807) is 52.6 Å². The first-order valence-corrected chi connectivity index (χ1v) is 15.0. The molecule has 1 aromatic heterocycles. The molecule has 0 aliphatic carbocycles. The lowest BCUT2D eigenvalue weighted by molar-refractivity contribution is -0.137. The number of imide groups is 1. The molecule has 0 bridgehead atoms. The number of benzene rings is 4. The van der Waals surface area contributed by atoms with Gasteiger partial charge in [-0.25, -0.2) is 9.88 Å². The summed E-state index contributed by atoms with van der Waals surface area (Å²) in [5, 5.41) is 1.46. The van der Waals surface area contributed by atoms with Crippen LogP contribution in [0.1, 0.15) is 23.1 Å². The molecule has 1 fully saturated rings. The molecule has 3 amide bonds. The molecule has 210 valence electrons. The van der Waals surface area contributed by atoms with Crippen LogP contribution in [0.25, 0.3) is 20.8 Å². The summed E-state index contributed by atoms with van der Waals surface area (Å²) in [6.07, 6.45) is 0.626. The summed E-state index contributed by atoms with van der Waals surface area (Å²) in [4.78, 5) is 48.1. The zero-order valence-corrected chi connectivity index (χ0v) is 24.6. The van der Waals surface area contributed by atoms with Crippen LogP contribution in [0.15, 0.2) is 97.1 Å². The Morgan fingerprint density at radius 1 is 0.952 bits per heavy atom. The quantitative estimate of drug-likeness (QED) is 0.184. The number of nitrogens with zero attached hydrogens (tertiary/aromatic N) is 3. The molecule has 1 aliphatic heterocycles. The number of aryl methyl sites for hydroxylation is 1. The molecule has 0 spiro atoms. The first kappa shape index (κ1) is 27.8. The third-order valence-corrected chi connectivity index (χ3v) is 8.81. The molecule has 1 saturated heterocycles. The zero-order chi connectivity index (χ0) is 29.2. The molecule has 2 heterocycles. The van der Waals surface area contributed by atoms with E-state index in [9.17, 15) is 14.4 Å². The van der Waals surface area contributed by atoms with E-state index in [2.05, 4.69) is 13.0 Å². The van der Waals surface area contributed by atoms with Crippen LogP contribution < -0.4 is 4.90 Å². The van der Waals surface area contributed by atoms with Gasteiger partial charge in [-0.15, -0.1) is 11.3 Å². The van der Waals surface area contributed by atoms with Crippen LogP contribution in [0.5, 0.6) is 0 Å². The summed E-state index contributed by atoms with van der Waals surface area (Å²) in [7, 11) is 0. The van der Waals surface area contributed by atoms with Crippen molar-refractivity contribution in [3.63, 3.8) is 0 Å². The molecule has 6 rings (SSSR count). The zero-order valence-electron chi connectivity index (χ0n) is 23.0. The summed E-state index contributed by atoms with van der Waals surface area (Å²) >= 11 is 7.63. The van der Waals surface area contributed by atoms with E-state index in [-0.39, 0.29) is 30.6 Å². The Kier molecular flexibility index (Phi) is 7.87. The molecule has 1 atom stereocenters. The summed E-state index contributed by atoms with van der Waals surface area (Å²) in [5.41, 5.74) is 5.37. The van der Waals surface area contributed by atoms with Crippen LogP contribution in [-0.4, -0.2) is 40.2 Å². The minimum absolute atomic E-state index is 0.0566. The van der Waals surface area contributed by atoms with E-state index >= 15 is 0 Å². The fourth-order valence-corrected chi connectivity index (χ4v) is 6.46. The molecule has 0 saturated carbocycles. The van der Waals surface area contributed by atoms with Crippen LogP contribution in [0, 0.1) is 6.92 Å². The molecule has 0 N–H and O–H groups in total. The fourth-order valence-electron chi connectivity index (χ4n) is 5.27. The Balaban J connectivity index is 1.23. The number of amides is 3. The number of hydrogen-bond acceptors (Lipinski definition) is 5. The maximum absolute atomic E-state index is 13.8. The maximum atomic E-state index is 13.8. The topological polar surface area (TPSA) is 70.6 Å². The standard InChI is InChI=1S/C34H28ClN3O3S/c1-22-7-16-28-30(19-22)42-33(36-28)25-10-14-27(15-11-25)38-32(40)21-29(34(38)41)37(18-17-23-5-3-2-4-6-23)31(39)20-24-8-12-26(35)13-9-24/h2-16,19,29H,17-18,20-21H2,1H3. The van der Waals surface area contributed by atoms with Gasteiger partial charge in [0.05, 0.1) is 28.7 Å². The molecule has 42 heavy (non-hydrogen) atoms. The average molecular weight is 594 g/mol. The van der Waals surface area contributed by atoms with Crippen molar-refractivity contribution in [2.45, 2.75) is 32.2 Å². The van der Waals surface area contributed by atoms with Gasteiger partial charge in [-0.3, -0.25) is 14.4 Å². The van der Waals surface area contributed by atoms with Gasteiger partial charge in [0.15, 0.2) is 0 Å². The van der Waals surface area contributed by atoms with E-state index in [0.717, 1.165) is 31.9 Å². The Hall–Kier alpha value is -4.33. The number of anilines is 1. The summed E-state index contributed by atoms with van der Waals surface area (Å²) < 4.78 is 1.11. The van der Waals surface area contributed by atoms with Crippen molar-refractivity contribution in [3.05, 3.63) is 119 Å². The molecule has 4 aromatic carbocycles. The van der Waals surface area contributed by atoms with Crippen molar-refractivity contribution in [1.29, 1.82) is 0 Å². The number of halogens is 1. The van der Waals surface area contributed by atoms with Crippen molar-refractivity contribution in [3.8, 4) is 10.6 Å². The molecule has 5 aromatic rings. The largest absolute Gasteiger partial charge is 0.329 e. The van der Waals surface area contributed by atoms with Crippen LogP contribution in [0.2, 0.25) is 5.02 Å². The van der Waals surface area contributed by atoms with E-state index in [1.807, 2.05) is 54.6 Å². The number of aromatic nitrogens is 1. The minimum atomic E-state index is -0.867. The summed E-state index contributed by atoms with van der Waals surface area (Å²) in [5.74, 6) is -0.916. The van der Waals surface area contributed by atoms with Crippen molar-refractivity contribution in [2.24, 2.45) is 0 Å². The predicted octanol–water partition coefficient (Wildman–Crippen LogP) is 6.87. The lowest BCUT2D eigenvalue weighted by atomic mass is 10.1. The normalized spacial score (nSPS) is 15.0. The number of carbonyl (C=O) groups is 3. The van der Waals surface area contributed by atoms with Crippen molar-refractivity contribution >= 4 is 56.6 Å². The molecule has 1 unspecified atom stereocenters. The lowest BCUT2D eigenvalue weighted by Crippen LogP contribution is -2.47. The highest BCUT2D eigenvalue weighted by atomic mass is 35.5. The third kappa shape index (κ3) is 5.84. The molecule has 0 radical (unpaired) electrons. The first-order chi connectivity index (χ1) is 20.4. The van der Waals surface area contributed by atoms with Crippen LogP contribution in [0.4, 0.5) is 5.69 Å². The van der Waals surface area contributed by atoms with Gasteiger partial charge in [0.1, 0.15) is 11.0 Å². The second-order valence-corrected chi connectivity index (χ2v) is 11.9. The number of carbonyl (C=O) groups excluding carboxylic acids is 3. The first-order valence-electron chi connectivity index (χ1n) is 13.8. The SMILES string of the molecule is Cc1ccc2nc(-c3ccc(N4C(=O)CC(N(CCc5ccccc5)C(=O)Cc5ccc(Cl)cc5)C4=O)cc3)sc2c1. The predicted molar refractivity (Wildman–Crippen MR) is 168 cm³/mol. The van der Waals surface area contributed by atoms with Crippen molar-refractivity contribution in [2.75, 3.05) is 11.4 Å². The second kappa shape index (κ2) is 11.9. The van der Waals surface area contributed by atoms with Crippen LogP contribution in [-0.2, 0) is 27.2 Å². The highest BCUT2D eigenvalue weighted by Gasteiger charge is 2.44. The second-order valence-electron chi connectivity index (χ2n) is 10.5. The van der Waals surface area contributed by atoms with E-state index < -0.39 is 6.04 Å². The highest BCUT2D eigenvalue weighted by Crippen LogP contribution is 2.33. The molecule has 8 heteroatoms. The molecular formula is C34H28ClN3O3S. The third-order valence-electron chi connectivity index (χ3n) is 7.49. The van der Waals surface area contributed by atoms with Gasteiger partial charge in [-0.1, -0.05) is 60.1 Å². The number of thiazole rings is 1. The van der Waals surface area contributed by atoms with Crippen molar-refractivity contribution < 1.29 is 14.4 Å². The summed E-state index contributed by atoms with van der Waals surface area (Å²) in [6.45, 7) is 2.38. The van der Waals surface area contributed by atoms with Gasteiger partial charge in [-0.2, -0.15) is 0 Å². The van der Waals surface area contributed by atoms with Crippen LogP contribution >= 0.6 is 22.9 Å². The van der Waals surface area contributed by atoms with Gasteiger partial charge < -0.3 is 4.90 Å². The smallest absolute Gasteiger partial charge is 0.257 e. The fraction of sp³-hybridized carbons (Fsp3) is 0.176. The maximum Gasteiger partial charge on any atom is 0.257 e. The number of fused-ring (bicyclic) bond motifs is 1. The Morgan fingerprint density at radius 2 is 1.69 bits per heavy atom. The van der Waals surface area contributed by atoms with Crippen LogP contribution in [0.3, 0.4) is 0 Å². The van der Waals surface area contributed by atoms with Gasteiger partial charge >= 0.3 is 0 Å². The Morgan fingerprint density at radius 3 is 2.43 bits per heavy atom. The number of rotatable bonds is 8. The summed E-state index contributed by atoms with van der Waals surface area (Å²) in [6, 6.07) is 29.5. The Labute approximate surface area is 253 Å². The molecular weight excluding hydrogens is 566 g/mol. The monoisotopic (exact) mass is 593 g/mol. The average Bonchev–Trinajstić information content (AvgIpc) is 3.54. The van der Waals surface area contributed by atoms with E-state index in [1.165, 1.54) is 10.5 Å².